The molecule has 1 aromatic rings. The van der Waals surface area contributed by atoms with Gasteiger partial charge in [0, 0.05) is 26.3 Å². The van der Waals surface area contributed by atoms with Crippen LogP contribution in [-0.2, 0) is 7.05 Å². The lowest BCUT2D eigenvalue weighted by Crippen LogP contribution is -2.42. The van der Waals surface area contributed by atoms with Crippen molar-refractivity contribution in [2.75, 3.05) is 19.6 Å². The van der Waals surface area contributed by atoms with Gasteiger partial charge in [0.2, 0.25) is 0 Å². The minimum absolute atomic E-state index is 0.130. The van der Waals surface area contributed by atoms with E-state index in [9.17, 15) is 4.79 Å². The third-order valence-electron chi connectivity index (χ3n) is 3.30. The summed E-state index contributed by atoms with van der Waals surface area (Å²) in [6.07, 6.45) is 4.11. The molecule has 2 heterocycles. The van der Waals surface area contributed by atoms with Crippen LogP contribution in [0.1, 0.15) is 23.3 Å². The van der Waals surface area contributed by atoms with Crippen molar-refractivity contribution in [3.8, 4) is 0 Å². The lowest BCUT2D eigenvalue weighted by Gasteiger charge is -2.32. The summed E-state index contributed by atoms with van der Waals surface area (Å²) in [5, 5.41) is 0. The molecule has 0 spiro atoms. The van der Waals surface area contributed by atoms with Crippen LogP contribution in [0.4, 0.5) is 0 Å². The fraction of sp³-hybridized carbons (Fsp3) is 0.583. The highest BCUT2D eigenvalue weighted by Gasteiger charge is 2.24. The van der Waals surface area contributed by atoms with E-state index in [1.165, 1.54) is 0 Å². The number of likely N-dealkylation sites (tertiary alicyclic amines) is 1. The number of piperidine rings is 1. The zero-order chi connectivity index (χ0) is 11.5. The van der Waals surface area contributed by atoms with Gasteiger partial charge in [-0.05, 0) is 37.4 Å². The van der Waals surface area contributed by atoms with E-state index in [4.69, 9.17) is 5.73 Å². The SMILES string of the molecule is Cn1cccc1C(=O)N1CCCC(CN)C1. The van der Waals surface area contributed by atoms with Gasteiger partial charge >= 0.3 is 0 Å². The largest absolute Gasteiger partial charge is 0.347 e. The molecular formula is C12H19N3O. The third-order valence-corrected chi connectivity index (χ3v) is 3.30. The standard InChI is InChI=1S/C12H19N3O/c1-14-6-3-5-11(14)12(16)15-7-2-4-10(8-13)9-15/h3,5-6,10H,2,4,7-9,13H2,1H3. The summed E-state index contributed by atoms with van der Waals surface area (Å²) in [5.41, 5.74) is 6.43. The van der Waals surface area contributed by atoms with Gasteiger partial charge in [0.25, 0.3) is 5.91 Å². The monoisotopic (exact) mass is 221 g/mol. The molecule has 1 unspecified atom stereocenters. The van der Waals surface area contributed by atoms with Crippen molar-refractivity contribution in [1.29, 1.82) is 0 Å². The Kier molecular flexibility index (Phi) is 3.29. The summed E-state index contributed by atoms with van der Waals surface area (Å²) in [6.45, 7) is 2.35. The Labute approximate surface area is 96.0 Å². The molecule has 2 N–H and O–H groups in total. The molecule has 88 valence electrons. The van der Waals surface area contributed by atoms with E-state index in [1.54, 1.807) is 0 Å². The van der Waals surface area contributed by atoms with Crippen LogP contribution in [0.5, 0.6) is 0 Å². The summed E-state index contributed by atoms with van der Waals surface area (Å²) in [7, 11) is 1.90. The number of nitrogens with zero attached hydrogens (tertiary/aromatic N) is 2. The van der Waals surface area contributed by atoms with Gasteiger partial charge in [-0.15, -0.1) is 0 Å². The van der Waals surface area contributed by atoms with Gasteiger partial charge < -0.3 is 15.2 Å². The second-order valence-electron chi connectivity index (χ2n) is 4.50. The van der Waals surface area contributed by atoms with E-state index in [2.05, 4.69) is 0 Å². The Morgan fingerprint density at radius 1 is 1.62 bits per heavy atom. The van der Waals surface area contributed by atoms with E-state index >= 15 is 0 Å². The Balaban J connectivity index is 2.07. The number of aryl methyl sites for hydroxylation is 1. The van der Waals surface area contributed by atoms with E-state index in [0.717, 1.165) is 31.6 Å². The highest BCUT2D eigenvalue weighted by Crippen LogP contribution is 2.17. The maximum atomic E-state index is 12.2. The molecule has 1 fully saturated rings. The van der Waals surface area contributed by atoms with Crippen LogP contribution in [0.25, 0.3) is 0 Å². The van der Waals surface area contributed by atoms with Gasteiger partial charge in [0.05, 0.1) is 0 Å². The summed E-state index contributed by atoms with van der Waals surface area (Å²) >= 11 is 0. The van der Waals surface area contributed by atoms with Crippen LogP contribution in [0.2, 0.25) is 0 Å². The first-order chi connectivity index (χ1) is 7.72. The van der Waals surface area contributed by atoms with Crippen LogP contribution in [0.15, 0.2) is 18.3 Å². The molecular weight excluding hydrogens is 202 g/mol. The predicted octanol–water partition coefficient (Wildman–Crippen LogP) is 0.836. The van der Waals surface area contributed by atoms with E-state index in [-0.39, 0.29) is 5.91 Å². The molecule has 0 radical (unpaired) electrons. The minimum atomic E-state index is 0.130. The molecule has 1 aromatic heterocycles. The maximum Gasteiger partial charge on any atom is 0.270 e. The smallest absolute Gasteiger partial charge is 0.270 e. The second-order valence-corrected chi connectivity index (χ2v) is 4.50. The van der Waals surface area contributed by atoms with Crippen molar-refractivity contribution in [3.63, 3.8) is 0 Å². The van der Waals surface area contributed by atoms with Gasteiger partial charge in [0.15, 0.2) is 0 Å². The van der Waals surface area contributed by atoms with Crippen molar-refractivity contribution in [2.24, 2.45) is 18.7 Å². The molecule has 16 heavy (non-hydrogen) atoms. The fourth-order valence-corrected chi connectivity index (χ4v) is 2.29. The second kappa shape index (κ2) is 4.70. The fourth-order valence-electron chi connectivity index (χ4n) is 2.29. The minimum Gasteiger partial charge on any atom is -0.347 e. The number of hydrogen-bond donors (Lipinski definition) is 1. The molecule has 1 aliphatic heterocycles. The first-order valence-electron chi connectivity index (χ1n) is 5.83. The van der Waals surface area contributed by atoms with Gasteiger partial charge in [0.1, 0.15) is 5.69 Å². The number of nitrogens with two attached hydrogens (primary N) is 1. The number of amides is 1. The van der Waals surface area contributed by atoms with Crippen LogP contribution in [0.3, 0.4) is 0 Å². The summed E-state index contributed by atoms with van der Waals surface area (Å²) in [4.78, 5) is 14.1. The van der Waals surface area contributed by atoms with Crippen molar-refractivity contribution in [1.82, 2.24) is 9.47 Å². The number of carbonyl (C=O) groups is 1. The van der Waals surface area contributed by atoms with Crippen LogP contribution >= 0.6 is 0 Å². The quantitative estimate of drug-likeness (QED) is 0.804. The average molecular weight is 221 g/mol. The molecule has 1 amide bonds. The van der Waals surface area contributed by atoms with Crippen LogP contribution < -0.4 is 5.73 Å². The van der Waals surface area contributed by atoms with Gasteiger partial charge in [-0.3, -0.25) is 4.79 Å². The maximum absolute atomic E-state index is 12.2. The third kappa shape index (κ3) is 2.11. The topological polar surface area (TPSA) is 51.3 Å². The Morgan fingerprint density at radius 2 is 2.44 bits per heavy atom. The highest BCUT2D eigenvalue weighted by molar-refractivity contribution is 5.92. The van der Waals surface area contributed by atoms with Gasteiger partial charge in [-0.1, -0.05) is 0 Å². The zero-order valence-electron chi connectivity index (χ0n) is 9.72. The molecule has 1 aliphatic rings. The first-order valence-corrected chi connectivity index (χ1v) is 5.83. The zero-order valence-corrected chi connectivity index (χ0v) is 9.72. The molecule has 2 rings (SSSR count). The molecule has 0 bridgehead atoms. The predicted molar refractivity (Wildman–Crippen MR) is 63.1 cm³/mol. The highest BCUT2D eigenvalue weighted by atomic mass is 16.2. The number of aromatic nitrogens is 1. The molecule has 0 saturated carbocycles. The molecule has 1 atom stereocenters. The van der Waals surface area contributed by atoms with E-state index in [0.29, 0.717) is 12.5 Å². The first kappa shape index (κ1) is 11.2. The average Bonchev–Trinajstić information content (AvgIpc) is 2.74. The van der Waals surface area contributed by atoms with Crippen LogP contribution in [0, 0.1) is 5.92 Å². The number of rotatable bonds is 2. The number of hydrogen-bond acceptors (Lipinski definition) is 2. The normalized spacial score (nSPS) is 21.1. The molecule has 4 heteroatoms. The summed E-state index contributed by atoms with van der Waals surface area (Å²) in [5.74, 6) is 0.601. The van der Waals surface area contributed by atoms with Crippen LogP contribution in [-0.4, -0.2) is 35.0 Å². The van der Waals surface area contributed by atoms with Crippen molar-refractivity contribution in [2.45, 2.75) is 12.8 Å². The molecule has 4 nitrogen and oxygen atoms in total. The summed E-state index contributed by atoms with van der Waals surface area (Å²) in [6, 6.07) is 3.77. The van der Waals surface area contributed by atoms with Crippen molar-refractivity contribution >= 4 is 5.91 Å². The number of carbonyl (C=O) groups excluding carboxylic acids is 1. The Hall–Kier alpha value is -1.29. The molecule has 0 aromatic carbocycles. The van der Waals surface area contributed by atoms with Gasteiger partial charge in [-0.2, -0.15) is 0 Å². The van der Waals surface area contributed by atoms with Crippen molar-refractivity contribution in [3.05, 3.63) is 24.0 Å². The van der Waals surface area contributed by atoms with E-state index in [1.807, 2.05) is 34.8 Å². The lowest BCUT2D eigenvalue weighted by atomic mass is 9.98. The Morgan fingerprint density at radius 3 is 3.06 bits per heavy atom. The Bertz CT molecular complexity index is 372. The lowest BCUT2D eigenvalue weighted by molar-refractivity contribution is 0.0668. The molecule has 0 aliphatic carbocycles. The van der Waals surface area contributed by atoms with E-state index < -0.39 is 0 Å². The van der Waals surface area contributed by atoms with Crippen molar-refractivity contribution < 1.29 is 4.79 Å². The molecule has 1 saturated heterocycles. The van der Waals surface area contributed by atoms with Gasteiger partial charge in [-0.25, -0.2) is 0 Å². The summed E-state index contributed by atoms with van der Waals surface area (Å²) < 4.78 is 1.87.